The SMILES string of the molecule is CCCN(Cc1cc(O)c2c(c1F)C[C@H]1C[C@H]3[C@H](N(C)C)C(=O)C(C(N)=O)C(=O)[C@@]3(O)C(=O)C1C2=O)C1(C)CC1. The Morgan fingerprint density at radius 1 is 1.18 bits per heavy atom. The number of phenolic OH excluding ortho intramolecular Hbond substituents is 1. The molecule has 0 spiro atoms. The Morgan fingerprint density at radius 3 is 2.38 bits per heavy atom. The third-order valence-electron chi connectivity index (χ3n) is 9.66. The van der Waals surface area contributed by atoms with Crippen LogP contribution >= 0.6 is 0 Å². The first-order chi connectivity index (χ1) is 18.7. The molecule has 1 amide bonds. The molecule has 1 aromatic carbocycles. The molecule has 0 heterocycles. The monoisotopic (exact) mass is 557 g/mol. The molecule has 10 nitrogen and oxygen atoms in total. The average Bonchev–Trinajstić information content (AvgIpc) is 3.61. The van der Waals surface area contributed by atoms with Crippen molar-refractivity contribution in [3.63, 3.8) is 0 Å². The van der Waals surface area contributed by atoms with E-state index in [1.807, 2.05) is 6.92 Å². The normalized spacial score (nSPS) is 32.6. The van der Waals surface area contributed by atoms with Gasteiger partial charge in [0.2, 0.25) is 5.91 Å². The lowest BCUT2D eigenvalue weighted by Gasteiger charge is -2.52. The van der Waals surface area contributed by atoms with Gasteiger partial charge in [0, 0.05) is 29.1 Å². The van der Waals surface area contributed by atoms with Gasteiger partial charge < -0.3 is 15.9 Å². The summed E-state index contributed by atoms with van der Waals surface area (Å²) in [5.74, 6) is -12.2. The summed E-state index contributed by atoms with van der Waals surface area (Å²) >= 11 is 0. The second-order valence-electron chi connectivity index (χ2n) is 12.4. The van der Waals surface area contributed by atoms with Crippen LogP contribution in [0, 0.1) is 29.5 Å². The Balaban J connectivity index is 1.57. The highest BCUT2D eigenvalue weighted by Crippen LogP contribution is 2.51. The van der Waals surface area contributed by atoms with Crippen LogP contribution in [-0.4, -0.2) is 86.9 Å². The molecule has 11 heteroatoms. The molecule has 0 radical (unpaired) electrons. The number of nitrogens with zero attached hydrogens (tertiary/aromatic N) is 2. The number of primary amides is 1. The van der Waals surface area contributed by atoms with Gasteiger partial charge in [-0.15, -0.1) is 0 Å². The van der Waals surface area contributed by atoms with Gasteiger partial charge >= 0.3 is 0 Å². The molecule has 1 aromatic rings. The summed E-state index contributed by atoms with van der Waals surface area (Å²) in [6.45, 7) is 5.14. The number of rotatable bonds is 7. The molecule has 2 unspecified atom stereocenters. The van der Waals surface area contributed by atoms with Gasteiger partial charge in [-0.3, -0.25) is 33.8 Å². The van der Waals surface area contributed by atoms with Crippen LogP contribution in [0.15, 0.2) is 6.07 Å². The van der Waals surface area contributed by atoms with E-state index in [9.17, 15) is 34.2 Å². The van der Waals surface area contributed by atoms with E-state index in [0.717, 1.165) is 25.8 Å². The van der Waals surface area contributed by atoms with Crippen molar-refractivity contribution >= 4 is 29.0 Å². The van der Waals surface area contributed by atoms with E-state index >= 15 is 4.39 Å². The number of phenols is 1. The average molecular weight is 558 g/mol. The summed E-state index contributed by atoms with van der Waals surface area (Å²) in [6, 6.07) is 0.0226. The molecule has 40 heavy (non-hydrogen) atoms. The maximum Gasteiger partial charge on any atom is 0.235 e. The molecule has 6 atom stereocenters. The molecule has 0 aromatic heterocycles. The van der Waals surface area contributed by atoms with Crippen LogP contribution in [0.25, 0.3) is 0 Å². The minimum absolute atomic E-state index is 0.00164. The predicted octanol–water partition coefficient (Wildman–Crippen LogP) is 0.771. The molecule has 0 bridgehead atoms. The van der Waals surface area contributed by atoms with Crippen LogP contribution in [0.2, 0.25) is 0 Å². The minimum Gasteiger partial charge on any atom is -0.507 e. The largest absolute Gasteiger partial charge is 0.507 e. The van der Waals surface area contributed by atoms with Gasteiger partial charge in [0.1, 0.15) is 11.6 Å². The van der Waals surface area contributed by atoms with Crippen LogP contribution in [-0.2, 0) is 32.1 Å². The van der Waals surface area contributed by atoms with Gasteiger partial charge in [-0.05, 0) is 71.7 Å². The second-order valence-corrected chi connectivity index (χ2v) is 12.4. The Hall–Kier alpha value is -3.02. The van der Waals surface area contributed by atoms with Crippen LogP contribution in [0.3, 0.4) is 0 Å². The van der Waals surface area contributed by atoms with Crippen molar-refractivity contribution in [2.45, 2.75) is 69.7 Å². The van der Waals surface area contributed by atoms with Crippen LogP contribution in [0.5, 0.6) is 5.75 Å². The molecule has 3 saturated carbocycles. The number of amides is 1. The predicted molar refractivity (Wildman–Crippen MR) is 140 cm³/mol. The molecule has 5 rings (SSSR count). The number of carbonyl (C=O) groups excluding carboxylic acids is 5. The number of carbonyl (C=O) groups is 5. The number of fused-ring (bicyclic) bond motifs is 3. The molecular weight excluding hydrogens is 521 g/mol. The van der Waals surface area contributed by atoms with Crippen molar-refractivity contribution in [3.05, 3.63) is 28.6 Å². The number of hydrogen-bond donors (Lipinski definition) is 3. The highest BCUT2D eigenvalue weighted by Gasteiger charge is 2.69. The Labute approximate surface area is 231 Å². The second kappa shape index (κ2) is 9.53. The molecule has 3 fully saturated rings. The quantitative estimate of drug-likeness (QED) is 0.412. The number of nitrogens with two attached hydrogens (primary N) is 1. The van der Waals surface area contributed by atoms with E-state index in [4.69, 9.17) is 5.73 Å². The third kappa shape index (κ3) is 3.96. The highest BCUT2D eigenvalue weighted by molar-refractivity contribution is 6.32. The maximum absolute atomic E-state index is 16.1. The highest BCUT2D eigenvalue weighted by atomic mass is 19.1. The summed E-state index contributed by atoms with van der Waals surface area (Å²) in [4.78, 5) is 69.7. The van der Waals surface area contributed by atoms with E-state index in [1.165, 1.54) is 25.1 Å². The Kier molecular flexibility index (Phi) is 6.79. The van der Waals surface area contributed by atoms with E-state index in [0.29, 0.717) is 0 Å². The van der Waals surface area contributed by atoms with Gasteiger partial charge in [0.25, 0.3) is 0 Å². The maximum atomic E-state index is 16.1. The van der Waals surface area contributed by atoms with Crippen molar-refractivity contribution in [1.82, 2.24) is 9.80 Å². The molecule has 4 N–H and O–H groups in total. The van der Waals surface area contributed by atoms with Gasteiger partial charge in [-0.25, -0.2) is 4.39 Å². The molecular formula is C29H36FN3O7. The fourth-order valence-electron chi connectivity index (χ4n) is 7.34. The van der Waals surface area contributed by atoms with Crippen LogP contribution in [0.1, 0.15) is 61.0 Å². The van der Waals surface area contributed by atoms with Crippen molar-refractivity contribution in [1.29, 1.82) is 0 Å². The van der Waals surface area contributed by atoms with Gasteiger partial charge in [-0.2, -0.15) is 0 Å². The lowest BCUT2D eigenvalue weighted by Crippen LogP contribution is -2.74. The van der Waals surface area contributed by atoms with E-state index in [-0.39, 0.29) is 41.6 Å². The van der Waals surface area contributed by atoms with E-state index in [1.54, 1.807) is 0 Å². The molecule has 4 aliphatic carbocycles. The minimum atomic E-state index is -2.80. The Bertz CT molecular complexity index is 1340. The Morgan fingerprint density at radius 2 is 1.82 bits per heavy atom. The lowest BCUT2D eigenvalue weighted by atomic mass is 9.52. The summed E-state index contributed by atoms with van der Waals surface area (Å²) < 4.78 is 16.1. The smallest absolute Gasteiger partial charge is 0.235 e. The fraction of sp³-hybridized carbons (Fsp3) is 0.621. The first-order valence-corrected chi connectivity index (χ1v) is 13.8. The van der Waals surface area contributed by atoms with E-state index < -0.39 is 75.9 Å². The van der Waals surface area contributed by atoms with Gasteiger partial charge in [-0.1, -0.05) is 6.92 Å². The zero-order chi connectivity index (χ0) is 29.5. The number of ketones is 4. The summed E-state index contributed by atoms with van der Waals surface area (Å²) in [5, 5.41) is 22.5. The first-order valence-electron chi connectivity index (χ1n) is 13.8. The first kappa shape index (κ1) is 28.5. The number of benzene rings is 1. The van der Waals surface area contributed by atoms with Gasteiger partial charge in [0.05, 0.1) is 17.5 Å². The van der Waals surface area contributed by atoms with Crippen LogP contribution < -0.4 is 5.73 Å². The summed E-state index contributed by atoms with van der Waals surface area (Å²) in [5.41, 5.74) is 2.41. The van der Waals surface area contributed by atoms with Crippen molar-refractivity contribution < 1.29 is 38.6 Å². The number of likely N-dealkylation sites (N-methyl/N-ethyl adjacent to an activating group) is 1. The van der Waals surface area contributed by atoms with Gasteiger partial charge in [0.15, 0.2) is 34.7 Å². The standard InChI is InChI=1S/C29H36FN3O7/c1-5-8-33(28(2)6-7-28)12-14-11-17(34)19-15(21(14)30)9-13-10-16-22(32(3)4)24(36)20(27(31)39)26(38)29(16,40)25(37)18(13)23(19)35/h11,13,16,18,20,22,34,40H,5-10,12H2,1-4H3,(H2,31,39)/t13-,16-,18?,20?,22-,29-/m0/s1. The van der Waals surface area contributed by atoms with Crippen LogP contribution in [0.4, 0.5) is 4.39 Å². The number of aliphatic hydroxyl groups is 1. The molecule has 216 valence electrons. The zero-order valence-corrected chi connectivity index (χ0v) is 23.2. The molecule has 0 saturated heterocycles. The molecule has 4 aliphatic rings. The topological polar surface area (TPSA) is 158 Å². The number of halogens is 1. The fourth-order valence-corrected chi connectivity index (χ4v) is 7.34. The summed E-state index contributed by atoms with van der Waals surface area (Å²) in [7, 11) is 3.03. The van der Waals surface area contributed by atoms with Crippen molar-refractivity contribution in [3.8, 4) is 5.75 Å². The van der Waals surface area contributed by atoms with Crippen molar-refractivity contribution in [2.75, 3.05) is 20.6 Å². The number of aromatic hydroxyl groups is 1. The lowest BCUT2D eigenvalue weighted by molar-refractivity contribution is -0.181. The van der Waals surface area contributed by atoms with Crippen molar-refractivity contribution in [2.24, 2.45) is 29.4 Å². The van der Waals surface area contributed by atoms with E-state index in [2.05, 4.69) is 11.8 Å². The number of hydrogen-bond acceptors (Lipinski definition) is 9. The molecule has 0 aliphatic heterocycles. The third-order valence-corrected chi connectivity index (χ3v) is 9.66. The number of Topliss-reactive ketones (excluding diaryl/α,β-unsaturated/α-hetero) is 4. The zero-order valence-electron chi connectivity index (χ0n) is 23.2. The summed E-state index contributed by atoms with van der Waals surface area (Å²) in [6.07, 6.45) is 2.63.